The lowest BCUT2D eigenvalue weighted by Gasteiger charge is -2.17. The fourth-order valence-electron chi connectivity index (χ4n) is 1.89. The van der Waals surface area contributed by atoms with Crippen molar-refractivity contribution in [3.63, 3.8) is 0 Å². The van der Waals surface area contributed by atoms with Gasteiger partial charge in [-0.25, -0.2) is 4.79 Å². The van der Waals surface area contributed by atoms with Gasteiger partial charge in [0.1, 0.15) is 23.9 Å². The highest BCUT2D eigenvalue weighted by Crippen LogP contribution is 2.27. The van der Waals surface area contributed by atoms with Crippen molar-refractivity contribution in [3.8, 4) is 12.3 Å². The third kappa shape index (κ3) is 2.20. The van der Waals surface area contributed by atoms with Gasteiger partial charge in [0.25, 0.3) is 5.56 Å². The molecule has 102 valence electrons. The van der Waals surface area contributed by atoms with E-state index in [0.717, 1.165) is 10.8 Å². The van der Waals surface area contributed by atoms with Gasteiger partial charge in [-0.1, -0.05) is 5.92 Å². The summed E-state index contributed by atoms with van der Waals surface area (Å²) in [6.45, 7) is -0.519. The number of ether oxygens (including phenoxy) is 1. The highest BCUT2D eigenvalue weighted by atomic mass is 16.6. The van der Waals surface area contributed by atoms with Crippen LogP contribution in [0, 0.1) is 12.3 Å². The van der Waals surface area contributed by atoms with Gasteiger partial charge >= 0.3 is 5.69 Å². The van der Waals surface area contributed by atoms with Gasteiger partial charge in [-0.05, 0) is 0 Å². The van der Waals surface area contributed by atoms with E-state index in [-0.39, 0.29) is 5.56 Å². The molecule has 8 heteroatoms. The predicted molar refractivity (Wildman–Crippen MR) is 62.3 cm³/mol. The number of aliphatic hydroxyl groups is 3. The van der Waals surface area contributed by atoms with Gasteiger partial charge in [-0.2, -0.15) is 0 Å². The summed E-state index contributed by atoms with van der Waals surface area (Å²) in [5.41, 5.74) is -1.67. The van der Waals surface area contributed by atoms with Crippen LogP contribution < -0.4 is 11.2 Å². The number of aromatic amines is 1. The van der Waals surface area contributed by atoms with E-state index in [1.54, 1.807) is 0 Å². The maximum atomic E-state index is 11.6. The van der Waals surface area contributed by atoms with Gasteiger partial charge in [0, 0.05) is 6.20 Å². The first kappa shape index (κ1) is 13.5. The highest BCUT2D eigenvalue weighted by molar-refractivity contribution is 5.26. The first-order valence-corrected chi connectivity index (χ1v) is 5.44. The monoisotopic (exact) mass is 268 g/mol. The van der Waals surface area contributed by atoms with Crippen molar-refractivity contribution in [2.45, 2.75) is 24.5 Å². The van der Waals surface area contributed by atoms with E-state index in [4.69, 9.17) is 16.3 Å². The summed E-state index contributed by atoms with van der Waals surface area (Å²) < 4.78 is 6.04. The number of nitrogens with zero attached hydrogens (tertiary/aromatic N) is 1. The molecule has 0 aliphatic carbocycles. The summed E-state index contributed by atoms with van der Waals surface area (Å²) in [4.78, 5) is 24.9. The van der Waals surface area contributed by atoms with Crippen LogP contribution in [-0.4, -0.2) is 49.8 Å². The molecule has 8 nitrogen and oxygen atoms in total. The molecule has 1 aliphatic rings. The first-order chi connectivity index (χ1) is 8.99. The topological polar surface area (TPSA) is 125 Å². The fourth-order valence-corrected chi connectivity index (χ4v) is 1.89. The summed E-state index contributed by atoms with van der Waals surface area (Å²) in [6, 6.07) is 0. The molecule has 0 bridgehead atoms. The van der Waals surface area contributed by atoms with Gasteiger partial charge in [0.15, 0.2) is 6.23 Å². The lowest BCUT2D eigenvalue weighted by molar-refractivity contribution is -0.0550. The molecule has 0 amide bonds. The second-order valence-corrected chi connectivity index (χ2v) is 4.08. The molecule has 0 radical (unpaired) electrons. The lowest BCUT2D eigenvalue weighted by Crippen LogP contribution is -2.38. The predicted octanol–water partition coefficient (Wildman–Crippen LogP) is -2.87. The van der Waals surface area contributed by atoms with Crippen molar-refractivity contribution in [2.75, 3.05) is 6.61 Å². The molecule has 4 atom stereocenters. The summed E-state index contributed by atoms with van der Waals surface area (Å²) in [7, 11) is 0. The van der Waals surface area contributed by atoms with Crippen LogP contribution in [0.15, 0.2) is 15.8 Å². The minimum absolute atomic E-state index is 0.114. The number of rotatable bonds is 2. The number of aliphatic hydroxyl groups excluding tert-OH is 3. The summed E-state index contributed by atoms with van der Waals surface area (Å²) >= 11 is 0. The van der Waals surface area contributed by atoms with Crippen LogP contribution in [-0.2, 0) is 4.74 Å². The molecule has 1 aromatic rings. The van der Waals surface area contributed by atoms with Crippen LogP contribution in [0.25, 0.3) is 0 Å². The van der Waals surface area contributed by atoms with Crippen molar-refractivity contribution in [2.24, 2.45) is 0 Å². The van der Waals surface area contributed by atoms with Gasteiger partial charge in [-0.3, -0.25) is 14.3 Å². The van der Waals surface area contributed by atoms with Crippen LogP contribution >= 0.6 is 0 Å². The van der Waals surface area contributed by atoms with Gasteiger partial charge < -0.3 is 20.1 Å². The zero-order valence-electron chi connectivity index (χ0n) is 9.68. The zero-order valence-corrected chi connectivity index (χ0v) is 9.68. The Morgan fingerprint density at radius 3 is 2.63 bits per heavy atom. The maximum Gasteiger partial charge on any atom is 0.330 e. The highest BCUT2D eigenvalue weighted by Gasteiger charge is 2.43. The SMILES string of the molecule is C#Cc1cn([C@@H]2O[C@H](CO)[C@@H](O)C2O)c(=O)[nH]c1=O. The number of terminal acetylenes is 1. The molecular weight excluding hydrogens is 256 g/mol. The minimum atomic E-state index is -1.42. The molecule has 4 N–H and O–H groups in total. The van der Waals surface area contributed by atoms with E-state index in [1.807, 2.05) is 4.98 Å². The van der Waals surface area contributed by atoms with Crippen molar-refractivity contribution in [1.82, 2.24) is 9.55 Å². The standard InChI is InChI=1S/C11H12N2O6/c1-2-5-3-13(11(18)12-9(5)17)10-8(16)7(15)6(4-14)19-10/h1,3,6-8,10,14-16H,4H2,(H,12,17,18)/t6-,7-,8?,10-/m1/s1. The first-order valence-electron chi connectivity index (χ1n) is 5.44. The molecule has 2 rings (SSSR count). The Labute approximate surface area is 106 Å². The maximum absolute atomic E-state index is 11.6. The molecule has 0 spiro atoms. The number of aromatic nitrogens is 2. The molecule has 1 aliphatic heterocycles. The van der Waals surface area contributed by atoms with Crippen molar-refractivity contribution >= 4 is 0 Å². The average Bonchev–Trinajstić information content (AvgIpc) is 2.67. The Hall–Kier alpha value is -1.92. The number of hydrogen-bond acceptors (Lipinski definition) is 6. The van der Waals surface area contributed by atoms with Crippen LogP contribution in [0.5, 0.6) is 0 Å². The van der Waals surface area contributed by atoms with Crippen LogP contribution in [0.3, 0.4) is 0 Å². The third-order valence-corrected chi connectivity index (χ3v) is 2.91. The zero-order chi connectivity index (χ0) is 14.2. The molecule has 1 unspecified atom stereocenters. The quantitative estimate of drug-likeness (QED) is 0.427. The summed E-state index contributed by atoms with van der Waals surface area (Å²) in [5.74, 6) is 2.09. The van der Waals surface area contributed by atoms with Crippen molar-refractivity contribution in [3.05, 3.63) is 32.6 Å². The summed E-state index contributed by atoms with van der Waals surface area (Å²) in [6.07, 6.45) is 1.14. The van der Waals surface area contributed by atoms with E-state index in [0.29, 0.717) is 0 Å². The fraction of sp³-hybridized carbons (Fsp3) is 0.455. The average molecular weight is 268 g/mol. The van der Waals surface area contributed by atoms with Crippen LogP contribution in [0.2, 0.25) is 0 Å². The second-order valence-electron chi connectivity index (χ2n) is 4.08. The molecule has 1 fully saturated rings. The van der Waals surface area contributed by atoms with Crippen LogP contribution in [0.1, 0.15) is 11.8 Å². The number of hydrogen-bond donors (Lipinski definition) is 4. The third-order valence-electron chi connectivity index (χ3n) is 2.91. The summed E-state index contributed by atoms with van der Waals surface area (Å²) in [5, 5.41) is 28.3. The van der Waals surface area contributed by atoms with Gasteiger partial charge in [-0.15, -0.1) is 6.42 Å². The minimum Gasteiger partial charge on any atom is -0.394 e. The van der Waals surface area contributed by atoms with Crippen molar-refractivity contribution in [1.29, 1.82) is 0 Å². The molecule has 2 heterocycles. The van der Waals surface area contributed by atoms with Gasteiger partial charge in [0.05, 0.1) is 6.61 Å². The molecule has 19 heavy (non-hydrogen) atoms. The van der Waals surface area contributed by atoms with Gasteiger partial charge in [0.2, 0.25) is 0 Å². The second kappa shape index (κ2) is 4.99. The van der Waals surface area contributed by atoms with E-state index in [9.17, 15) is 19.8 Å². The Morgan fingerprint density at radius 1 is 1.42 bits per heavy atom. The largest absolute Gasteiger partial charge is 0.394 e. The molecular formula is C11H12N2O6. The molecule has 1 saturated heterocycles. The van der Waals surface area contributed by atoms with E-state index in [2.05, 4.69) is 5.92 Å². The van der Waals surface area contributed by atoms with E-state index >= 15 is 0 Å². The Balaban J connectivity index is 2.46. The normalized spacial score (nSPS) is 30.2. The lowest BCUT2D eigenvalue weighted by atomic mass is 10.1. The number of H-pyrrole nitrogens is 1. The molecule has 0 saturated carbocycles. The smallest absolute Gasteiger partial charge is 0.330 e. The Morgan fingerprint density at radius 2 is 2.11 bits per heavy atom. The Kier molecular flexibility index (Phi) is 3.55. The molecule has 0 aromatic carbocycles. The van der Waals surface area contributed by atoms with Crippen molar-refractivity contribution < 1.29 is 20.1 Å². The Bertz CT molecular complexity index is 627. The van der Waals surface area contributed by atoms with Crippen LogP contribution in [0.4, 0.5) is 0 Å². The number of nitrogens with one attached hydrogen (secondary N) is 1. The van der Waals surface area contributed by atoms with E-state index in [1.165, 1.54) is 0 Å². The molecule has 1 aromatic heterocycles. The van der Waals surface area contributed by atoms with E-state index < -0.39 is 42.4 Å².